The second-order valence-electron chi connectivity index (χ2n) is 5.95. The number of nitrogens with two attached hydrogens (primary N) is 1. The van der Waals surface area contributed by atoms with Gasteiger partial charge in [-0.25, -0.2) is 4.68 Å². The molecular formula is C15H16ClN5. The van der Waals surface area contributed by atoms with Gasteiger partial charge in [0.2, 0.25) is 0 Å². The van der Waals surface area contributed by atoms with Crippen LogP contribution in [0.4, 0.5) is 5.82 Å². The van der Waals surface area contributed by atoms with Crippen LogP contribution in [0.3, 0.4) is 0 Å². The van der Waals surface area contributed by atoms with E-state index in [-0.39, 0.29) is 5.41 Å². The van der Waals surface area contributed by atoms with Crippen LogP contribution in [0.5, 0.6) is 0 Å². The molecule has 0 radical (unpaired) electrons. The molecule has 0 aliphatic rings. The Labute approximate surface area is 127 Å². The molecule has 2 aromatic heterocycles. The molecule has 108 valence electrons. The number of nitrogens with zero attached hydrogens (tertiary/aromatic N) is 4. The molecule has 2 N–H and O–H groups in total. The largest absolute Gasteiger partial charge is 0.381 e. The number of rotatable bonds is 1. The van der Waals surface area contributed by atoms with Gasteiger partial charge in [-0.3, -0.25) is 4.98 Å². The van der Waals surface area contributed by atoms with E-state index in [4.69, 9.17) is 17.3 Å². The van der Waals surface area contributed by atoms with E-state index in [1.165, 1.54) is 0 Å². The first kappa shape index (κ1) is 13.8. The SMILES string of the molecule is CC(C)(C)c1c(N)nnn1-c1ccc(Cl)c2cccnc12. The number of fused-ring (bicyclic) bond motifs is 1. The molecule has 0 bridgehead atoms. The summed E-state index contributed by atoms with van der Waals surface area (Å²) in [5.74, 6) is 0.432. The van der Waals surface area contributed by atoms with E-state index >= 15 is 0 Å². The highest BCUT2D eigenvalue weighted by atomic mass is 35.5. The fourth-order valence-corrected chi connectivity index (χ4v) is 2.67. The van der Waals surface area contributed by atoms with E-state index in [0.717, 1.165) is 22.3 Å². The molecule has 6 heteroatoms. The third-order valence-corrected chi connectivity index (χ3v) is 3.66. The van der Waals surface area contributed by atoms with Crippen LogP contribution in [-0.2, 0) is 5.41 Å². The van der Waals surface area contributed by atoms with Crippen molar-refractivity contribution in [1.29, 1.82) is 0 Å². The summed E-state index contributed by atoms with van der Waals surface area (Å²) in [6.07, 6.45) is 1.74. The standard InChI is InChI=1S/C15H16ClN5/c1-15(2,3)13-14(17)19-20-21(13)11-7-6-10(16)9-5-4-8-18-12(9)11/h4-8H,17H2,1-3H3. The minimum absolute atomic E-state index is 0.186. The predicted molar refractivity (Wildman–Crippen MR) is 84.8 cm³/mol. The molecule has 0 atom stereocenters. The Morgan fingerprint density at radius 2 is 1.95 bits per heavy atom. The minimum atomic E-state index is -0.186. The summed E-state index contributed by atoms with van der Waals surface area (Å²) in [4.78, 5) is 4.44. The van der Waals surface area contributed by atoms with Crippen molar-refractivity contribution in [1.82, 2.24) is 20.0 Å². The van der Waals surface area contributed by atoms with Gasteiger partial charge < -0.3 is 5.73 Å². The molecule has 21 heavy (non-hydrogen) atoms. The molecule has 2 heterocycles. The quantitative estimate of drug-likeness (QED) is 0.748. The highest BCUT2D eigenvalue weighted by molar-refractivity contribution is 6.35. The highest BCUT2D eigenvalue weighted by Crippen LogP contribution is 2.32. The zero-order chi connectivity index (χ0) is 15.2. The molecule has 0 saturated heterocycles. The van der Waals surface area contributed by atoms with Crippen molar-refractivity contribution in [2.75, 3.05) is 5.73 Å². The average Bonchev–Trinajstić information content (AvgIpc) is 2.81. The minimum Gasteiger partial charge on any atom is -0.381 e. The third kappa shape index (κ3) is 2.23. The van der Waals surface area contributed by atoms with Crippen molar-refractivity contribution in [3.05, 3.63) is 41.2 Å². The van der Waals surface area contributed by atoms with Gasteiger partial charge in [0.25, 0.3) is 0 Å². The molecule has 0 spiro atoms. The van der Waals surface area contributed by atoms with Crippen LogP contribution in [-0.4, -0.2) is 20.0 Å². The lowest BCUT2D eigenvalue weighted by Crippen LogP contribution is -2.19. The van der Waals surface area contributed by atoms with Gasteiger partial charge in [-0.2, -0.15) is 0 Å². The lowest BCUT2D eigenvalue weighted by molar-refractivity contribution is 0.545. The van der Waals surface area contributed by atoms with Gasteiger partial charge in [0.05, 0.1) is 21.9 Å². The second-order valence-corrected chi connectivity index (χ2v) is 6.36. The molecule has 0 saturated carbocycles. The summed E-state index contributed by atoms with van der Waals surface area (Å²) < 4.78 is 1.75. The van der Waals surface area contributed by atoms with Crippen LogP contribution in [0, 0.1) is 0 Å². The van der Waals surface area contributed by atoms with Gasteiger partial charge in [0.15, 0.2) is 5.82 Å². The number of hydrogen-bond donors (Lipinski definition) is 1. The van der Waals surface area contributed by atoms with Gasteiger partial charge >= 0.3 is 0 Å². The highest BCUT2D eigenvalue weighted by Gasteiger charge is 2.26. The van der Waals surface area contributed by atoms with Crippen molar-refractivity contribution in [3.8, 4) is 5.69 Å². The van der Waals surface area contributed by atoms with E-state index in [1.807, 2.05) is 24.3 Å². The van der Waals surface area contributed by atoms with Gasteiger partial charge in [-0.05, 0) is 24.3 Å². The second kappa shape index (κ2) is 4.70. The predicted octanol–water partition coefficient (Wildman–Crippen LogP) is 3.35. The first-order valence-electron chi connectivity index (χ1n) is 6.65. The summed E-state index contributed by atoms with van der Waals surface area (Å²) in [6.45, 7) is 6.22. The van der Waals surface area contributed by atoms with Gasteiger partial charge in [0.1, 0.15) is 0 Å². The lowest BCUT2D eigenvalue weighted by Gasteiger charge is -2.20. The molecule has 3 aromatic rings. The molecule has 1 aromatic carbocycles. The van der Waals surface area contributed by atoms with E-state index < -0.39 is 0 Å². The van der Waals surface area contributed by atoms with Crippen LogP contribution < -0.4 is 5.73 Å². The first-order valence-corrected chi connectivity index (χ1v) is 7.02. The van der Waals surface area contributed by atoms with Crippen molar-refractivity contribution < 1.29 is 0 Å². The van der Waals surface area contributed by atoms with Crippen LogP contribution in [0.1, 0.15) is 26.5 Å². The van der Waals surface area contributed by atoms with Crippen LogP contribution in [0.15, 0.2) is 30.5 Å². The van der Waals surface area contributed by atoms with E-state index in [0.29, 0.717) is 10.8 Å². The molecule has 3 rings (SSSR count). The van der Waals surface area contributed by atoms with Crippen molar-refractivity contribution in [3.63, 3.8) is 0 Å². The molecular weight excluding hydrogens is 286 g/mol. The average molecular weight is 302 g/mol. The number of hydrogen-bond acceptors (Lipinski definition) is 4. The maximum absolute atomic E-state index is 6.24. The van der Waals surface area contributed by atoms with Crippen LogP contribution in [0.2, 0.25) is 5.02 Å². The first-order chi connectivity index (χ1) is 9.89. The summed E-state index contributed by atoms with van der Waals surface area (Å²) in [7, 11) is 0. The van der Waals surface area contributed by atoms with Gasteiger partial charge in [-0.15, -0.1) is 5.10 Å². The summed E-state index contributed by atoms with van der Waals surface area (Å²) in [5, 5.41) is 9.75. The monoisotopic (exact) mass is 301 g/mol. The Balaban J connectivity index is 2.35. The van der Waals surface area contributed by atoms with E-state index in [2.05, 4.69) is 36.1 Å². The Bertz CT molecular complexity index is 817. The fraction of sp³-hybridized carbons (Fsp3) is 0.267. The summed E-state index contributed by atoms with van der Waals surface area (Å²) in [5.41, 5.74) is 8.27. The maximum Gasteiger partial charge on any atom is 0.170 e. The molecule has 0 aliphatic heterocycles. The molecule has 0 aliphatic carbocycles. The van der Waals surface area contributed by atoms with Gasteiger partial charge in [-0.1, -0.05) is 37.6 Å². The lowest BCUT2D eigenvalue weighted by atomic mass is 9.91. The maximum atomic E-state index is 6.24. The topological polar surface area (TPSA) is 69.6 Å². The molecule has 0 unspecified atom stereocenters. The smallest absolute Gasteiger partial charge is 0.170 e. The zero-order valence-corrected chi connectivity index (χ0v) is 12.9. The Morgan fingerprint density at radius 1 is 1.19 bits per heavy atom. The van der Waals surface area contributed by atoms with Crippen molar-refractivity contribution in [2.45, 2.75) is 26.2 Å². The van der Waals surface area contributed by atoms with E-state index in [9.17, 15) is 0 Å². The Kier molecular flexibility index (Phi) is 3.10. The summed E-state index contributed by atoms with van der Waals surface area (Å²) in [6, 6.07) is 7.52. The number of aromatic nitrogens is 4. The van der Waals surface area contributed by atoms with Crippen LogP contribution >= 0.6 is 11.6 Å². The van der Waals surface area contributed by atoms with Crippen molar-refractivity contribution in [2.24, 2.45) is 0 Å². The van der Waals surface area contributed by atoms with Gasteiger partial charge in [0, 0.05) is 17.0 Å². The van der Waals surface area contributed by atoms with Crippen molar-refractivity contribution >= 4 is 28.3 Å². The molecule has 5 nitrogen and oxygen atoms in total. The van der Waals surface area contributed by atoms with E-state index in [1.54, 1.807) is 10.9 Å². The van der Waals surface area contributed by atoms with Crippen LogP contribution in [0.25, 0.3) is 16.6 Å². The zero-order valence-electron chi connectivity index (χ0n) is 12.1. The fourth-order valence-electron chi connectivity index (χ4n) is 2.46. The Hall–Kier alpha value is -2.14. The normalized spacial score (nSPS) is 12.0. The number of benzene rings is 1. The third-order valence-electron chi connectivity index (χ3n) is 3.33. The molecule has 0 amide bonds. The number of anilines is 1. The number of halogens is 1. The number of pyridine rings is 1. The molecule has 0 fully saturated rings. The Morgan fingerprint density at radius 3 is 2.67 bits per heavy atom. The number of nitrogen functional groups attached to an aromatic ring is 1. The summed E-state index contributed by atoms with van der Waals surface area (Å²) >= 11 is 6.24.